The van der Waals surface area contributed by atoms with E-state index in [9.17, 15) is 4.39 Å². The van der Waals surface area contributed by atoms with E-state index < -0.39 is 5.82 Å². The molecular weight excluding hydrogens is 159 g/mol. The van der Waals surface area contributed by atoms with E-state index in [0.717, 1.165) is 5.56 Å². The Morgan fingerprint density at radius 2 is 2.25 bits per heavy atom. The molecule has 12 heavy (non-hydrogen) atoms. The van der Waals surface area contributed by atoms with Crippen LogP contribution >= 0.6 is 0 Å². The molecular formula is C8H9FN2O. The van der Waals surface area contributed by atoms with Crippen molar-refractivity contribution in [2.75, 3.05) is 12.3 Å². The van der Waals surface area contributed by atoms with Gasteiger partial charge in [-0.2, -0.15) is 0 Å². The second-order valence-electron chi connectivity index (χ2n) is 2.80. The first-order chi connectivity index (χ1) is 5.70. The first-order valence-electron chi connectivity index (χ1n) is 3.66. The maximum atomic E-state index is 12.9. The van der Waals surface area contributed by atoms with Crippen molar-refractivity contribution >= 4 is 5.69 Å². The zero-order valence-corrected chi connectivity index (χ0v) is 6.38. The molecule has 0 spiro atoms. The molecule has 0 bridgehead atoms. The molecule has 3 nitrogen and oxygen atoms in total. The summed E-state index contributed by atoms with van der Waals surface area (Å²) in [6, 6.07) is 2.74. The third-order valence-electron chi connectivity index (χ3n) is 1.98. The number of anilines is 1. The fraction of sp³-hybridized carbons (Fsp3) is 0.250. The number of rotatable bonds is 0. The maximum absolute atomic E-state index is 12.9. The van der Waals surface area contributed by atoms with E-state index in [1.54, 1.807) is 6.07 Å². The van der Waals surface area contributed by atoms with Crippen LogP contribution in [0.25, 0.3) is 0 Å². The number of fused-ring (bicyclic) bond motifs is 1. The maximum Gasteiger partial charge on any atom is 0.150 e. The molecule has 4 heteroatoms. The summed E-state index contributed by atoms with van der Waals surface area (Å²) in [6.07, 6.45) is 0. The zero-order chi connectivity index (χ0) is 8.72. The largest absolute Gasteiger partial charge is 0.489 e. The van der Waals surface area contributed by atoms with Crippen LogP contribution in [0.5, 0.6) is 5.75 Å². The van der Waals surface area contributed by atoms with Gasteiger partial charge in [0.1, 0.15) is 23.9 Å². The van der Waals surface area contributed by atoms with Crippen LogP contribution in [0.15, 0.2) is 12.1 Å². The van der Waals surface area contributed by atoms with Crippen LogP contribution in [0.1, 0.15) is 11.6 Å². The second kappa shape index (κ2) is 2.35. The smallest absolute Gasteiger partial charge is 0.150 e. The summed E-state index contributed by atoms with van der Waals surface area (Å²) in [5.41, 5.74) is 11.9. The normalized spacial score (nSPS) is 20.3. The van der Waals surface area contributed by atoms with Crippen molar-refractivity contribution in [3.8, 4) is 5.75 Å². The number of halogens is 1. The van der Waals surface area contributed by atoms with Crippen molar-refractivity contribution < 1.29 is 9.13 Å². The average Bonchev–Trinajstić information content (AvgIpc) is 2.41. The molecule has 0 fully saturated rings. The van der Waals surface area contributed by atoms with Gasteiger partial charge in [-0.3, -0.25) is 0 Å². The monoisotopic (exact) mass is 168 g/mol. The Bertz CT molecular complexity index is 327. The molecule has 1 aliphatic heterocycles. The lowest BCUT2D eigenvalue weighted by Gasteiger charge is -2.03. The van der Waals surface area contributed by atoms with E-state index in [2.05, 4.69) is 0 Å². The van der Waals surface area contributed by atoms with Crippen molar-refractivity contribution in [3.05, 3.63) is 23.5 Å². The van der Waals surface area contributed by atoms with Gasteiger partial charge in [-0.1, -0.05) is 6.07 Å². The minimum absolute atomic E-state index is 0.0560. The summed E-state index contributed by atoms with van der Waals surface area (Å²) < 4.78 is 18.0. The molecule has 4 N–H and O–H groups in total. The highest BCUT2D eigenvalue weighted by molar-refractivity contribution is 5.60. The Hall–Kier alpha value is -1.29. The fourth-order valence-corrected chi connectivity index (χ4v) is 1.31. The molecule has 64 valence electrons. The Balaban J connectivity index is 2.60. The van der Waals surface area contributed by atoms with E-state index in [1.807, 2.05) is 0 Å². The van der Waals surface area contributed by atoms with Crippen molar-refractivity contribution in [2.45, 2.75) is 6.04 Å². The molecule has 2 rings (SSSR count). The second-order valence-corrected chi connectivity index (χ2v) is 2.80. The number of ether oxygens (including phenoxy) is 1. The molecule has 0 radical (unpaired) electrons. The van der Waals surface area contributed by atoms with Gasteiger partial charge in [0.2, 0.25) is 0 Å². The minimum atomic E-state index is -0.456. The first-order valence-corrected chi connectivity index (χ1v) is 3.66. The quantitative estimate of drug-likeness (QED) is 0.563. The Morgan fingerprint density at radius 1 is 1.50 bits per heavy atom. The third kappa shape index (κ3) is 0.848. The SMILES string of the molecule is Nc1c(F)ccc2c1OC[C@H]2N. The summed E-state index contributed by atoms with van der Waals surface area (Å²) in [7, 11) is 0. The topological polar surface area (TPSA) is 61.3 Å². The van der Waals surface area contributed by atoms with Crippen molar-refractivity contribution in [3.63, 3.8) is 0 Å². The predicted octanol–water partition coefficient (Wildman–Crippen LogP) is 0.800. The summed E-state index contributed by atoms with van der Waals surface area (Å²) in [4.78, 5) is 0. The van der Waals surface area contributed by atoms with Gasteiger partial charge < -0.3 is 16.2 Å². The van der Waals surface area contributed by atoms with Gasteiger partial charge in [0.25, 0.3) is 0 Å². The molecule has 0 saturated carbocycles. The Labute approximate surface area is 69.1 Å². The molecule has 0 amide bonds. The van der Waals surface area contributed by atoms with Crippen molar-refractivity contribution in [1.82, 2.24) is 0 Å². The van der Waals surface area contributed by atoms with Crippen molar-refractivity contribution in [2.24, 2.45) is 5.73 Å². The van der Waals surface area contributed by atoms with Crippen molar-refractivity contribution in [1.29, 1.82) is 0 Å². The number of nitrogens with two attached hydrogens (primary N) is 2. The van der Waals surface area contributed by atoms with Gasteiger partial charge in [0, 0.05) is 5.56 Å². The molecule has 0 aliphatic carbocycles. The lowest BCUT2D eigenvalue weighted by atomic mass is 10.1. The van der Waals surface area contributed by atoms with E-state index in [1.165, 1.54) is 6.07 Å². The molecule has 1 aromatic carbocycles. The highest BCUT2D eigenvalue weighted by atomic mass is 19.1. The predicted molar refractivity (Wildman–Crippen MR) is 43.2 cm³/mol. The average molecular weight is 168 g/mol. The van der Waals surface area contributed by atoms with Gasteiger partial charge >= 0.3 is 0 Å². The summed E-state index contributed by atoms with van der Waals surface area (Å²) in [5.74, 6) is -0.0506. The number of benzene rings is 1. The molecule has 1 heterocycles. The molecule has 0 unspecified atom stereocenters. The van der Waals surface area contributed by atoms with E-state index in [-0.39, 0.29) is 11.7 Å². The Morgan fingerprint density at radius 3 is 3.00 bits per heavy atom. The Kier molecular flexibility index (Phi) is 1.44. The van der Waals surface area contributed by atoms with E-state index in [0.29, 0.717) is 12.4 Å². The molecule has 0 saturated heterocycles. The van der Waals surface area contributed by atoms with Crippen LogP contribution in [0, 0.1) is 5.82 Å². The zero-order valence-electron chi connectivity index (χ0n) is 6.38. The molecule has 1 aliphatic rings. The molecule has 0 aromatic heterocycles. The van der Waals surface area contributed by atoms with Crippen LogP contribution in [-0.2, 0) is 0 Å². The van der Waals surface area contributed by atoms with E-state index in [4.69, 9.17) is 16.2 Å². The number of nitrogen functional groups attached to an aromatic ring is 1. The highest BCUT2D eigenvalue weighted by Gasteiger charge is 2.24. The number of hydrogen-bond donors (Lipinski definition) is 2. The summed E-state index contributed by atoms with van der Waals surface area (Å²) in [5, 5.41) is 0. The van der Waals surface area contributed by atoms with Crippen LogP contribution < -0.4 is 16.2 Å². The highest BCUT2D eigenvalue weighted by Crippen LogP contribution is 2.37. The fourth-order valence-electron chi connectivity index (χ4n) is 1.31. The number of hydrogen-bond acceptors (Lipinski definition) is 3. The molecule has 1 atom stereocenters. The van der Waals surface area contributed by atoms with Crippen LogP contribution in [0.3, 0.4) is 0 Å². The van der Waals surface area contributed by atoms with Crippen LogP contribution in [0.4, 0.5) is 10.1 Å². The summed E-state index contributed by atoms with van der Waals surface area (Å²) >= 11 is 0. The minimum Gasteiger partial charge on any atom is -0.489 e. The van der Waals surface area contributed by atoms with Crippen LogP contribution in [-0.4, -0.2) is 6.61 Å². The molecule has 1 aromatic rings. The van der Waals surface area contributed by atoms with Gasteiger partial charge in [0.15, 0.2) is 0 Å². The van der Waals surface area contributed by atoms with Gasteiger partial charge in [-0.05, 0) is 6.07 Å². The lowest BCUT2D eigenvalue weighted by molar-refractivity contribution is 0.333. The van der Waals surface area contributed by atoms with E-state index >= 15 is 0 Å². The lowest BCUT2D eigenvalue weighted by Crippen LogP contribution is -2.10. The first kappa shape index (κ1) is 7.36. The van der Waals surface area contributed by atoms with Gasteiger partial charge in [-0.15, -0.1) is 0 Å². The van der Waals surface area contributed by atoms with Gasteiger partial charge in [0.05, 0.1) is 6.04 Å². The summed E-state index contributed by atoms with van der Waals surface area (Å²) in [6.45, 7) is 0.378. The third-order valence-corrected chi connectivity index (χ3v) is 1.98. The van der Waals surface area contributed by atoms with Gasteiger partial charge in [-0.25, -0.2) is 4.39 Å². The van der Waals surface area contributed by atoms with Crippen LogP contribution in [0.2, 0.25) is 0 Å². The standard InChI is InChI=1S/C8H9FN2O/c9-5-2-1-4-6(10)3-12-8(4)7(5)11/h1-2,6H,3,10-11H2/t6-/m1/s1.